The summed E-state index contributed by atoms with van der Waals surface area (Å²) in [6.07, 6.45) is 10.3. The van der Waals surface area contributed by atoms with E-state index < -0.39 is 0 Å². The van der Waals surface area contributed by atoms with Gasteiger partial charge in [-0.3, -0.25) is 14.5 Å². The van der Waals surface area contributed by atoms with Crippen LogP contribution in [0.4, 0.5) is 5.69 Å². The van der Waals surface area contributed by atoms with E-state index in [0.29, 0.717) is 24.8 Å². The third-order valence-electron chi connectivity index (χ3n) is 8.80. The highest BCUT2D eigenvalue weighted by atomic mass is 16.5. The molecule has 0 saturated carbocycles. The Balaban J connectivity index is 1.21. The third-order valence-corrected chi connectivity index (χ3v) is 8.80. The number of rotatable bonds is 3. The molecule has 1 aliphatic carbocycles. The Hall–Kier alpha value is -2.34. The minimum Gasteiger partial charge on any atom is -0.497 e. The van der Waals surface area contributed by atoms with Gasteiger partial charge in [0.15, 0.2) is 0 Å². The predicted molar refractivity (Wildman–Crippen MR) is 127 cm³/mol. The molecule has 6 nitrogen and oxygen atoms in total. The van der Waals surface area contributed by atoms with Crippen LogP contribution in [0.15, 0.2) is 35.9 Å². The fourth-order valence-corrected chi connectivity index (χ4v) is 7.34. The molecule has 33 heavy (non-hydrogen) atoms. The van der Waals surface area contributed by atoms with Gasteiger partial charge in [0.1, 0.15) is 5.75 Å². The molecule has 4 heterocycles. The van der Waals surface area contributed by atoms with Gasteiger partial charge in [-0.15, -0.1) is 0 Å². The Morgan fingerprint density at radius 1 is 1.06 bits per heavy atom. The van der Waals surface area contributed by atoms with Crippen LogP contribution in [0.2, 0.25) is 0 Å². The van der Waals surface area contributed by atoms with Crippen molar-refractivity contribution in [3.63, 3.8) is 0 Å². The number of hydrogen-bond donors (Lipinski definition) is 0. The average Bonchev–Trinajstić information content (AvgIpc) is 3.25. The maximum Gasteiger partial charge on any atom is 0.228 e. The molecule has 1 aromatic rings. The molecule has 176 valence electrons. The van der Waals surface area contributed by atoms with Crippen molar-refractivity contribution in [3.8, 4) is 5.75 Å². The van der Waals surface area contributed by atoms with Crippen LogP contribution >= 0.6 is 0 Å². The third kappa shape index (κ3) is 3.67. The second-order valence-electron chi connectivity index (χ2n) is 10.6. The van der Waals surface area contributed by atoms with Crippen molar-refractivity contribution in [2.75, 3.05) is 38.2 Å². The van der Waals surface area contributed by atoms with Gasteiger partial charge < -0.3 is 14.5 Å². The van der Waals surface area contributed by atoms with Crippen LogP contribution < -0.4 is 9.64 Å². The minimum atomic E-state index is -0.247. The van der Waals surface area contributed by atoms with Gasteiger partial charge in [-0.2, -0.15) is 0 Å². The summed E-state index contributed by atoms with van der Waals surface area (Å²) in [4.78, 5) is 33.3. The van der Waals surface area contributed by atoms with E-state index in [9.17, 15) is 9.59 Å². The molecule has 0 spiro atoms. The zero-order valence-electron chi connectivity index (χ0n) is 19.6. The number of nitrogens with zero attached hydrogens (tertiary/aromatic N) is 3. The second kappa shape index (κ2) is 8.46. The normalized spacial score (nSPS) is 33.9. The summed E-state index contributed by atoms with van der Waals surface area (Å²) in [5, 5.41) is 0. The summed E-state index contributed by atoms with van der Waals surface area (Å²) in [6.45, 7) is 3.66. The van der Waals surface area contributed by atoms with Crippen molar-refractivity contribution in [1.82, 2.24) is 9.80 Å². The molecular weight excluding hydrogens is 414 g/mol. The Kier molecular flexibility index (Phi) is 5.44. The first-order valence-corrected chi connectivity index (χ1v) is 12.8. The molecule has 4 fully saturated rings. The number of fused-ring (bicyclic) bond motifs is 6. The lowest BCUT2D eigenvalue weighted by molar-refractivity contribution is -0.140. The number of anilines is 1. The van der Waals surface area contributed by atoms with Crippen LogP contribution in [0.5, 0.6) is 5.75 Å². The fourth-order valence-electron chi connectivity index (χ4n) is 7.34. The van der Waals surface area contributed by atoms with Crippen molar-refractivity contribution in [2.24, 2.45) is 17.8 Å². The maximum absolute atomic E-state index is 13.8. The van der Waals surface area contributed by atoms with Gasteiger partial charge in [0.05, 0.1) is 19.1 Å². The van der Waals surface area contributed by atoms with E-state index in [4.69, 9.17) is 4.74 Å². The van der Waals surface area contributed by atoms with Crippen LogP contribution in [0, 0.1) is 17.8 Å². The number of amides is 2. The van der Waals surface area contributed by atoms with Gasteiger partial charge in [0, 0.05) is 37.8 Å². The molecule has 1 aromatic carbocycles. The first-order chi connectivity index (χ1) is 16.1. The van der Waals surface area contributed by atoms with Crippen LogP contribution in [-0.2, 0) is 9.59 Å². The number of methoxy groups -OCH3 is 1. The Bertz CT molecular complexity index is 958. The standard InChI is InChI=1S/C27H35N3O3/c1-33-23-9-7-22(8-10-23)30-17-21(15-25(30)31)27(32)29-12-4-5-18-13-19-14-20(26(18)29)16-28-11-3-2-6-24(19)28/h7-10,13,19-21,24,26H,2-6,11-12,14-17H2,1H3/t19-,20-,21?,24?,26?/m0/s1. The van der Waals surface area contributed by atoms with Crippen molar-refractivity contribution >= 4 is 17.5 Å². The monoisotopic (exact) mass is 449 g/mol. The van der Waals surface area contributed by atoms with E-state index in [1.165, 1.54) is 37.8 Å². The lowest BCUT2D eigenvalue weighted by Gasteiger charge is -2.55. The summed E-state index contributed by atoms with van der Waals surface area (Å²) < 4.78 is 5.24. The molecule has 4 aliphatic heterocycles. The smallest absolute Gasteiger partial charge is 0.228 e. The van der Waals surface area contributed by atoms with E-state index in [2.05, 4.69) is 15.9 Å². The predicted octanol–water partition coefficient (Wildman–Crippen LogP) is 3.47. The number of carbonyl (C=O) groups excluding carboxylic acids is 2. The summed E-state index contributed by atoms with van der Waals surface area (Å²) in [5.41, 5.74) is 2.36. The molecule has 6 heteroatoms. The molecule has 5 aliphatic rings. The van der Waals surface area contributed by atoms with Gasteiger partial charge in [-0.05, 0) is 74.8 Å². The van der Waals surface area contributed by atoms with Crippen molar-refractivity contribution in [3.05, 3.63) is 35.9 Å². The van der Waals surface area contributed by atoms with Crippen LogP contribution in [0.1, 0.15) is 44.9 Å². The highest BCUT2D eigenvalue weighted by Gasteiger charge is 2.48. The Morgan fingerprint density at radius 2 is 1.91 bits per heavy atom. The van der Waals surface area contributed by atoms with Crippen molar-refractivity contribution in [2.45, 2.75) is 57.0 Å². The van der Waals surface area contributed by atoms with E-state index in [-0.39, 0.29) is 23.8 Å². The van der Waals surface area contributed by atoms with Gasteiger partial charge in [-0.25, -0.2) is 0 Å². The molecule has 3 unspecified atom stereocenters. The summed E-state index contributed by atoms with van der Waals surface area (Å²) in [5.74, 6) is 1.97. The summed E-state index contributed by atoms with van der Waals surface area (Å²) >= 11 is 0. The van der Waals surface area contributed by atoms with Gasteiger partial charge >= 0.3 is 0 Å². The molecule has 2 amide bonds. The summed E-state index contributed by atoms with van der Waals surface area (Å²) in [7, 11) is 1.64. The molecular formula is C27H35N3O3. The lowest BCUT2D eigenvalue weighted by atomic mass is 9.68. The topological polar surface area (TPSA) is 53.1 Å². The van der Waals surface area contributed by atoms with E-state index in [1.54, 1.807) is 12.0 Å². The number of ether oxygens (including phenoxy) is 1. The van der Waals surface area contributed by atoms with Crippen LogP contribution in [-0.4, -0.2) is 67.0 Å². The molecule has 2 bridgehead atoms. The van der Waals surface area contributed by atoms with Gasteiger partial charge in [-0.1, -0.05) is 18.1 Å². The fraction of sp³-hybridized carbons (Fsp3) is 0.630. The number of likely N-dealkylation sites (tertiary alicyclic amines) is 1. The largest absolute Gasteiger partial charge is 0.497 e. The Morgan fingerprint density at radius 3 is 2.73 bits per heavy atom. The number of hydrogen-bond acceptors (Lipinski definition) is 4. The molecule has 5 atom stereocenters. The second-order valence-corrected chi connectivity index (χ2v) is 10.6. The van der Waals surface area contributed by atoms with Crippen molar-refractivity contribution < 1.29 is 14.3 Å². The highest BCUT2D eigenvalue weighted by Crippen LogP contribution is 2.45. The quantitative estimate of drug-likeness (QED) is 0.663. The van der Waals surface area contributed by atoms with Crippen LogP contribution in [0.3, 0.4) is 0 Å². The number of piperidine rings is 3. The SMILES string of the molecule is COc1ccc(N2CC(C(=O)N3CCCC4=C[C@H]5C[C@@H](CN6CCCCC56)C43)CC2=O)cc1. The van der Waals surface area contributed by atoms with Gasteiger partial charge in [0.2, 0.25) is 11.8 Å². The zero-order valence-corrected chi connectivity index (χ0v) is 19.6. The van der Waals surface area contributed by atoms with Crippen molar-refractivity contribution in [1.29, 1.82) is 0 Å². The van der Waals surface area contributed by atoms with E-state index in [0.717, 1.165) is 43.4 Å². The van der Waals surface area contributed by atoms with E-state index in [1.807, 2.05) is 24.3 Å². The Labute approximate surface area is 196 Å². The molecule has 0 aromatic heterocycles. The average molecular weight is 450 g/mol. The first-order valence-electron chi connectivity index (χ1n) is 12.8. The van der Waals surface area contributed by atoms with Crippen LogP contribution in [0.25, 0.3) is 0 Å². The molecule has 4 saturated heterocycles. The first kappa shape index (κ1) is 21.2. The zero-order chi connectivity index (χ0) is 22.5. The van der Waals surface area contributed by atoms with Gasteiger partial charge in [0.25, 0.3) is 0 Å². The van der Waals surface area contributed by atoms with E-state index >= 15 is 0 Å². The number of carbonyl (C=O) groups is 2. The molecule has 6 rings (SSSR count). The molecule has 0 radical (unpaired) electrons. The molecule has 0 N–H and O–H groups in total. The highest BCUT2D eigenvalue weighted by molar-refractivity contribution is 6.00. The number of benzene rings is 1. The minimum absolute atomic E-state index is 0.0452. The summed E-state index contributed by atoms with van der Waals surface area (Å²) in [6, 6.07) is 8.52. The lowest BCUT2D eigenvalue weighted by Crippen LogP contribution is -2.60. The maximum atomic E-state index is 13.8.